The lowest BCUT2D eigenvalue weighted by Gasteiger charge is -2.09. The third kappa shape index (κ3) is 3.59. The molecule has 1 aromatic heterocycles. The number of nitrogens with zero attached hydrogens (tertiary/aromatic N) is 1. The van der Waals surface area contributed by atoms with Crippen molar-refractivity contribution >= 4 is 5.69 Å². The van der Waals surface area contributed by atoms with Gasteiger partial charge in [0.2, 0.25) is 0 Å². The van der Waals surface area contributed by atoms with Crippen LogP contribution in [0.4, 0.5) is 5.69 Å². The first kappa shape index (κ1) is 11.6. The molecule has 0 fully saturated rings. The van der Waals surface area contributed by atoms with Gasteiger partial charge < -0.3 is 5.32 Å². The second kappa shape index (κ2) is 5.48. The second-order valence-corrected chi connectivity index (χ2v) is 4.50. The highest BCUT2D eigenvalue weighted by Gasteiger charge is 1.99. The van der Waals surface area contributed by atoms with Crippen molar-refractivity contribution in [2.45, 2.75) is 26.3 Å². The maximum atomic E-state index is 4.46. The number of anilines is 1. The van der Waals surface area contributed by atoms with Gasteiger partial charge in [-0.3, -0.25) is 4.98 Å². The van der Waals surface area contributed by atoms with Gasteiger partial charge in [-0.15, -0.1) is 0 Å². The average Bonchev–Trinajstić information content (AvgIpc) is 2.32. The van der Waals surface area contributed by atoms with E-state index in [2.05, 4.69) is 60.5 Å². The van der Waals surface area contributed by atoms with E-state index in [1.165, 1.54) is 5.56 Å². The van der Waals surface area contributed by atoms with Gasteiger partial charge in [0.25, 0.3) is 0 Å². The van der Waals surface area contributed by atoms with E-state index < -0.39 is 0 Å². The third-order valence-corrected chi connectivity index (χ3v) is 2.51. The molecule has 0 aliphatic rings. The summed E-state index contributed by atoms with van der Waals surface area (Å²) in [5, 5.41) is 3.33. The lowest BCUT2D eigenvalue weighted by molar-refractivity contribution is 0.896. The summed E-state index contributed by atoms with van der Waals surface area (Å²) < 4.78 is 0. The molecule has 0 atom stereocenters. The van der Waals surface area contributed by atoms with Crippen LogP contribution in [0.2, 0.25) is 0 Å². The van der Waals surface area contributed by atoms with Crippen LogP contribution in [0, 0.1) is 0 Å². The Morgan fingerprint density at radius 3 is 2.41 bits per heavy atom. The molecular weight excluding hydrogens is 208 g/mol. The minimum absolute atomic E-state index is 0.441. The minimum atomic E-state index is 0.441. The molecule has 0 bridgehead atoms. The average molecular weight is 226 g/mol. The summed E-state index contributed by atoms with van der Waals surface area (Å²) in [5.41, 5.74) is 3.48. The topological polar surface area (TPSA) is 24.9 Å². The summed E-state index contributed by atoms with van der Waals surface area (Å²) in [6.45, 7) is 4.25. The van der Waals surface area contributed by atoms with Crippen molar-refractivity contribution in [2.75, 3.05) is 5.32 Å². The highest BCUT2D eigenvalue weighted by Crippen LogP contribution is 2.11. The highest BCUT2D eigenvalue weighted by molar-refractivity contribution is 5.42. The van der Waals surface area contributed by atoms with Gasteiger partial charge >= 0.3 is 0 Å². The first-order valence-corrected chi connectivity index (χ1v) is 5.99. The van der Waals surface area contributed by atoms with Crippen LogP contribution in [0.5, 0.6) is 0 Å². The predicted molar refractivity (Wildman–Crippen MR) is 72.2 cm³/mol. The molecule has 2 aromatic rings. The van der Waals surface area contributed by atoms with Crippen LogP contribution in [0.1, 0.15) is 25.1 Å². The summed E-state index contributed by atoms with van der Waals surface area (Å²) in [5.74, 6) is 0. The molecule has 0 aliphatic heterocycles. The van der Waals surface area contributed by atoms with Gasteiger partial charge in [0, 0.05) is 18.2 Å². The molecule has 0 radical (unpaired) electrons. The number of aromatic nitrogens is 1. The smallest absolute Gasteiger partial charge is 0.0528 e. The highest BCUT2D eigenvalue weighted by atomic mass is 14.9. The van der Waals surface area contributed by atoms with E-state index in [1.807, 2.05) is 12.3 Å². The van der Waals surface area contributed by atoms with Gasteiger partial charge in [-0.1, -0.05) is 30.3 Å². The molecule has 0 unspecified atom stereocenters. The summed E-state index contributed by atoms with van der Waals surface area (Å²) in [7, 11) is 0. The minimum Gasteiger partial charge on any atom is -0.382 e. The number of hydrogen-bond donors (Lipinski definition) is 1. The summed E-state index contributed by atoms with van der Waals surface area (Å²) in [6.07, 6.45) is 2.79. The van der Waals surface area contributed by atoms with Crippen LogP contribution in [-0.4, -0.2) is 11.0 Å². The number of nitrogens with one attached hydrogen (secondary N) is 1. The second-order valence-electron chi connectivity index (χ2n) is 4.50. The number of rotatable bonds is 4. The Balaban J connectivity index is 2.03. The van der Waals surface area contributed by atoms with Gasteiger partial charge in [-0.25, -0.2) is 0 Å². The van der Waals surface area contributed by atoms with Crippen molar-refractivity contribution in [3.63, 3.8) is 0 Å². The summed E-state index contributed by atoms with van der Waals surface area (Å²) >= 11 is 0. The molecule has 1 heterocycles. The number of benzene rings is 1. The molecule has 1 N–H and O–H groups in total. The van der Waals surface area contributed by atoms with Crippen molar-refractivity contribution < 1.29 is 0 Å². The third-order valence-electron chi connectivity index (χ3n) is 2.51. The van der Waals surface area contributed by atoms with E-state index >= 15 is 0 Å². The fourth-order valence-electron chi connectivity index (χ4n) is 1.75. The Morgan fingerprint density at radius 1 is 1.06 bits per heavy atom. The maximum absolute atomic E-state index is 4.46. The van der Waals surface area contributed by atoms with Gasteiger partial charge in [0.1, 0.15) is 0 Å². The molecule has 0 amide bonds. The first-order valence-electron chi connectivity index (χ1n) is 5.99. The molecule has 0 saturated heterocycles. The van der Waals surface area contributed by atoms with E-state index in [0.29, 0.717) is 6.04 Å². The fourth-order valence-corrected chi connectivity index (χ4v) is 1.75. The number of hydrogen-bond acceptors (Lipinski definition) is 2. The van der Waals surface area contributed by atoms with Crippen molar-refractivity contribution in [1.29, 1.82) is 0 Å². The van der Waals surface area contributed by atoms with E-state index in [9.17, 15) is 0 Å². The fraction of sp³-hybridized carbons (Fsp3) is 0.267. The molecule has 2 nitrogen and oxygen atoms in total. The molecule has 0 aliphatic carbocycles. The zero-order chi connectivity index (χ0) is 12.1. The van der Waals surface area contributed by atoms with Crippen LogP contribution in [0.3, 0.4) is 0 Å². The standard InChI is InChI=1S/C15H18N2/c1-12(2)17-15-9-8-14(16-11-15)10-13-6-4-3-5-7-13/h3-9,11-12,17H,10H2,1-2H3. The van der Waals surface area contributed by atoms with E-state index in [4.69, 9.17) is 0 Å². The zero-order valence-electron chi connectivity index (χ0n) is 10.4. The van der Waals surface area contributed by atoms with Gasteiger partial charge in [-0.05, 0) is 31.5 Å². The SMILES string of the molecule is CC(C)Nc1ccc(Cc2ccccc2)nc1. The van der Waals surface area contributed by atoms with Crippen molar-refractivity contribution in [3.8, 4) is 0 Å². The molecule has 1 aromatic carbocycles. The lowest BCUT2D eigenvalue weighted by Crippen LogP contribution is -2.09. The van der Waals surface area contributed by atoms with E-state index in [-0.39, 0.29) is 0 Å². The Labute approximate surface area is 103 Å². The molecule has 0 spiro atoms. The van der Waals surface area contributed by atoms with Gasteiger partial charge in [0.05, 0.1) is 11.9 Å². The molecular formula is C15H18N2. The van der Waals surface area contributed by atoms with Crippen molar-refractivity contribution in [1.82, 2.24) is 4.98 Å². The van der Waals surface area contributed by atoms with E-state index in [1.54, 1.807) is 0 Å². The van der Waals surface area contributed by atoms with Crippen molar-refractivity contribution in [3.05, 3.63) is 59.9 Å². The lowest BCUT2D eigenvalue weighted by atomic mass is 10.1. The normalized spacial score (nSPS) is 10.5. The predicted octanol–water partition coefficient (Wildman–Crippen LogP) is 3.49. The Hall–Kier alpha value is -1.83. The largest absolute Gasteiger partial charge is 0.382 e. The molecule has 88 valence electrons. The van der Waals surface area contributed by atoms with Crippen molar-refractivity contribution in [2.24, 2.45) is 0 Å². The Kier molecular flexibility index (Phi) is 3.76. The van der Waals surface area contributed by atoms with Crippen LogP contribution in [0.25, 0.3) is 0 Å². The van der Waals surface area contributed by atoms with E-state index in [0.717, 1.165) is 17.8 Å². The monoisotopic (exact) mass is 226 g/mol. The molecule has 17 heavy (non-hydrogen) atoms. The Morgan fingerprint density at radius 2 is 1.82 bits per heavy atom. The van der Waals surface area contributed by atoms with Gasteiger partial charge in [0.15, 0.2) is 0 Å². The van der Waals surface area contributed by atoms with Crippen LogP contribution >= 0.6 is 0 Å². The molecule has 0 saturated carbocycles. The van der Waals surface area contributed by atoms with Crippen LogP contribution in [-0.2, 0) is 6.42 Å². The summed E-state index contributed by atoms with van der Waals surface area (Å²) in [6, 6.07) is 15.0. The van der Waals surface area contributed by atoms with Crippen LogP contribution in [0.15, 0.2) is 48.7 Å². The first-order chi connectivity index (χ1) is 8.24. The number of pyridine rings is 1. The van der Waals surface area contributed by atoms with Gasteiger partial charge in [-0.2, -0.15) is 0 Å². The maximum Gasteiger partial charge on any atom is 0.0528 e. The molecule has 2 heteroatoms. The molecule has 2 rings (SSSR count). The zero-order valence-corrected chi connectivity index (χ0v) is 10.4. The summed E-state index contributed by atoms with van der Waals surface area (Å²) in [4.78, 5) is 4.46. The Bertz CT molecular complexity index is 446. The quantitative estimate of drug-likeness (QED) is 0.863. The van der Waals surface area contributed by atoms with Crippen LogP contribution < -0.4 is 5.32 Å².